The van der Waals surface area contributed by atoms with Gasteiger partial charge in [-0.25, -0.2) is 0 Å². The molecule has 1 aliphatic heterocycles. The molecule has 0 fully saturated rings. The van der Waals surface area contributed by atoms with Crippen molar-refractivity contribution >= 4 is 11.9 Å². The van der Waals surface area contributed by atoms with Crippen LogP contribution in [0.2, 0.25) is 0 Å². The van der Waals surface area contributed by atoms with Gasteiger partial charge in [0.15, 0.2) is 0 Å². The third-order valence-corrected chi connectivity index (χ3v) is 1.20. The first-order valence-corrected chi connectivity index (χ1v) is 2.89. The van der Waals surface area contributed by atoms with Crippen LogP contribution in [0.4, 0.5) is 0 Å². The van der Waals surface area contributed by atoms with Gasteiger partial charge in [0.05, 0.1) is 12.5 Å². The Balaban J connectivity index is 2.40. The maximum Gasteiger partial charge on any atom is 0.305 e. The number of amides is 1. The lowest BCUT2D eigenvalue weighted by Crippen LogP contribution is -2.28. The zero-order valence-electron chi connectivity index (χ0n) is 5.20. The summed E-state index contributed by atoms with van der Waals surface area (Å²) in [5.74, 6) is -1.12. The summed E-state index contributed by atoms with van der Waals surface area (Å²) in [6.07, 6.45) is 2.85. The predicted molar refractivity (Wildman–Crippen MR) is 33.3 cm³/mol. The van der Waals surface area contributed by atoms with Crippen LogP contribution < -0.4 is 5.32 Å². The molecular formula is C6H7NO3. The molecule has 1 unspecified atom stereocenters. The highest BCUT2D eigenvalue weighted by molar-refractivity contribution is 5.91. The second-order valence-electron chi connectivity index (χ2n) is 2.07. The molecule has 0 aromatic heterocycles. The Morgan fingerprint density at radius 1 is 1.80 bits per heavy atom. The van der Waals surface area contributed by atoms with E-state index in [-0.39, 0.29) is 18.4 Å². The van der Waals surface area contributed by atoms with Crippen molar-refractivity contribution in [1.82, 2.24) is 5.32 Å². The van der Waals surface area contributed by atoms with Crippen LogP contribution in [0.5, 0.6) is 0 Å². The van der Waals surface area contributed by atoms with Crippen LogP contribution >= 0.6 is 0 Å². The van der Waals surface area contributed by atoms with Crippen LogP contribution in [-0.4, -0.2) is 23.0 Å². The van der Waals surface area contributed by atoms with Crippen molar-refractivity contribution in [2.75, 3.05) is 0 Å². The minimum atomic E-state index is -0.906. The van der Waals surface area contributed by atoms with Gasteiger partial charge in [0, 0.05) is 6.08 Å². The fourth-order valence-corrected chi connectivity index (χ4v) is 0.790. The normalized spacial score (nSPS) is 22.8. The number of hydrogen-bond donors (Lipinski definition) is 2. The number of carboxylic acids is 1. The van der Waals surface area contributed by atoms with Gasteiger partial charge in [-0.05, 0) is 0 Å². The van der Waals surface area contributed by atoms with Gasteiger partial charge in [0.1, 0.15) is 0 Å². The van der Waals surface area contributed by atoms with E-state index in [2.05, 4.69) is 5.32 Å². The zero-order chi connectivity index (χ0) is 7.56. The average molecular weight is 141 g/mol. The Morgan fingerprint density at radius 3 is 2.90 bits per heavy atom. The van der Waals surface area contributed by atoms with Gasteiger partial charge >= 0.3 is 5.97 Å². The van der Waals surface area contributed by atoms with Gasteiger partial charge in [-0.15, -0.1) is 0 Å². The lowest BCUT2D eigenvalue weighted by atomic mass is 10.2. The maximum absolute atomic E-state index is 10.4. The van der Waals surface area contributed by atoms with E-state index in [1.807, 2.05) is 0 Å². The Labute approximate surface area is 57.5 Å². The first kappa shape index (κ1) is 6.80. The average Bonchev–Trinajstić information content (AvgIpc) is 2.13. The number of carboxylic acid groups (broad SMARTS) is 1. The summed E-state index contributed by atoms with van der Waals surface area (Å²) in [6.45, 7) is 0. The molecule has 1 atom stereocenters. The van der Waals surface area contributed by atoms with Crippen LogP contribution in [0.15, 0.2) is 12.2 Å². The van der Waals surface area contributed by atoms with Gasteiger partial charge in [-0.1, -0.05) is 6.08 Å². The quantitative estimate of drug-likeness (QED) is 0.545. The highest BCUT2D eigenvalue weighted by atomic mass is 16.4. The van der Waals surface area contributed by atoms with E-state index in [4.69, 9.17) is 5.11 Å². The molecule has 4 nitrogen and oxygen atoms in total. The van der Waals surface area contributed by atoms with Crippen molar-refractivity contribution in [3.05, 3.63) is 12.2 Å². The highest BCUT2D eigenvalue weighted by Crippen LogP contribution is 2.00. The minimum absolute atomic E-state index is 0.0394. The van der Waals surface area contributed by atoms with Crippen molar-refractivity contribution < 1.29 is 14.7 Å². The monoisotopic (exact) mass is 141 g/mol. The van der Waals surface area contributed by atoms with E-state index in [0.29, 0.717) is 0 Å². The van der Waals surface area contributed by atoms with E-state index in [9.17, 15) is 9.59 Å². The SMILES string of the molecule is O=C(O)CC1C=CC(=O)N1. The molecule has 1 aliphatic rings. The summed E-state index contributed by atoms with van der Waals surface area (Å²) in [7, 11) is 0. The number of aliphatic carboxylic acids is 1. The topological polar surface area (TPSA) is 66.4 Å². The lowest BCUT2D eigenvalue weighted by molar-refractivity contribution is -0.137. The first-order chi connectivity index (χ1) is 4.68. The second-order valence-corrected chi connectivity index (χ2v) is 2.07. The van der Waals surface area contributed by atoms with Gasteiger partial charge in [0.2, 0.25) is 5.91 Å². The number of rotatable bonds is 2. The molecular weight excluding hydrogens is 134 g/mol. The fourth-order valence-electron chi connectivity index (χ4n) is 0.790. The third kappa shape index (κ3) is 1.58. The van der Waals surface area contributed by atoms with E-state index in [0.717, 1.165) is 0 Å². The molecule has 0 bridgehead atoms. The molecule has 0 radical (unpaired) electrons. The summed E-state index contributed by atoms with van der Waals surface area (Å²) >= 11 is 0. The molecule has 0 aliphatic carbocycles. The zero-order valence-corrected chi connectivity index (χ0v) is 5.20. The molecule has 0 aromatic rings. The molecule has 0 aromatic carbocycles. The molecule has 4 heteroatoms. The summed E-state index contributed by atoms with van der Waals surface area (Å²) in [5, 5.41) is 10.7. The largest absolute Gasteiger partial charge is 0.481 e. The van der Waals surface area contributed by atoms with Gasteiger partial charge < -0.3 is 10.4 Å². The third-order valence-electron chi connectivity index (χ3n) is 1.20. The molecule has 10 heavy (non-hydrogen) atoms. The molecule has 1 heterocycles. The van der Waals surface area contributed by atoms with Crippen LogP contribution in [0.1, 0.15) is 6.42 Å². The van der Waals surface area contributed by atoms with Gasteiger partial charge in [-0.3, -0.25) is 9.59 Å². The molecule has 0 spiro atoms. The first-order valence-electron chi connectivity index (χ1n) is 2.89. The Bertz CT molecular complexity index is 197. The highest BCUT2D eigenvalue weighted by Gasteiger charge is 2.16. The molecule has 1 rings (SSSR count). The molecule has 0 saturated carbocycles. The van der Waals surface area contributed by atoms with Crippen LogP contribution in [-0.2, 0) is 9.59 Å². The lowest BCUT2D eigenvalue weighted by Gasteiger charge is -2.03. The van der Waals surface area contributed by atoms with Crippen molar-refractivity contribution in [2.24, 2.45) is 0 Å². The summed E-state index contributed by atoms with van der Waals surface area (Å²) in [5.41, 5.74) is 0. The molecule has 0 saturated heterocycles. The van der Waals surface area contributed by atoms with Crippen LogP contribution in [0, 0.1) is 0 Å². The van der Waals surface area contributed by atoms with Crippen LogP contribution in [0.3, 0.4) is 0 Å². The Hall–Kier alpha value is -1.32. The second kappa shape index (κ2) is 2.51. The molecule has 2 N–H and O–H groups in total. The van der Waals surface area contributed by atoms with Crippen molar-refractivity contribution in [1.29, 1.82) is 0 Å². The van der Waals surface area contributed by atoms with Crippen molar-refractivity contribution in [2.45, 2.75) is 12.5 Å². The number of nitrogens with one attached hydrogen (secondary N) is 1. The predicted octanol–water partition coefficient (Wildman–Crippen LogP) is -0.484. The minimum Gasteiger partial charge on any atom is -0.481 e. The maximum atomic E-state index is 10.4. The summed E-state index contributed by atoms with van der Waals surface area (Å²) in [4.78, 5) is 20.5. The fraction of sp³-hybridized carbons (Fsp3) is 0.333. The van der Waals surface area contributed by atoms with Crippen molar-refractivity contribution in [3.63, 3.8) is 0 Å². The van der Waals surface area contributed by atoms with E-state index >= 15 is 0 Å². The number of hydrogen-bond acceptors (Lipinski definition) is 2. The summed E-state index contributed by atoms with van der Waals surface area (Å²) < 4.78 is 0. The van der Waals surface area contributed by atoms with E-state index < -0.39 is 5.97 Å². The number of carbonyl (C=O) groups excluding carboxylic acids is 1. The van der Waals surface area contributed by atoms with Crippen molar-refractivity contribution in [3.8, 4) is 0 Å². The molecule has 1 amide bonds. The smallest absolute Gasteiger partial charge is 0.305 e. The van der Waals surface area contributed by atoms with Crippen LogP contribution in [0.25, 0.3) is 0 Å². The summed E-state index contributed by atoms with van der Waals surface area (Å²) in [6, 6.07) is -0.315. The van der Waals surface area contributed by atoms with Gasteiger partial charge in [0.25, 0.3) is 0 Å². The van der Waals surface area contributed by atoms with E-state index in [1.54, 1.807) is 6.08 Å². The Kier molecular flexibility index (Phi) is 1.71. The number of carbonyl (C=O) groups is 2. The standard InChI is InChI=1S/C6H7NO3/c8-5-2-1-4(7-5)3-6(9)10/h1-2,4H,3H2,(H,7,8)(H,9,10). The van der Waals surface area contributed by atoms with Gasteiger partial charge in [-0.2, -0.15) is 0 Å². The van der Waals surface area contributed by atoms with E-state index in [1.165, 1.54) is 6.08 Å². The Morgan fingerprint density at radius 2 is 2.50 bits per heavy atom. The molecule has 54 valence electrons.